The fraction of sp³-hybridized carbons (Fsp3) is 0.733. The molecule has 0 aliphatic heterocycles. The van der Waals surface area contributed by atoms with E-state index in [1.165, 1.54) is 6.42 Å². The fourth-order valence-corrected chi connectivity index (χ4v) is 3.01. The molecule has 1 heterocycles. The molecule has 0 saturated heterocycles. The molecule has 1 aromatic heterocycles. The van der Waals surface area contributed by atoms with E-state index in [-0.39, 0.29) is 0 Å². The van der Waals surface area contributed by atoms with Gasteiger partial charge in [0.15, 0.2) is 0 Å². The highest BCUT2D eigenvalue weighted by molar-refractivity contribution is 6.30. The zero-order chi connectivity index (χ0) is 14.2. The molecule has 5 heteroatoms. The monoisotopic (exact) mass is 295 g/mol. The second kappa shape index (κ2) is 5.49. The van der Waals surface area contributed by atoms with Gasteiger partial charge in [0.2, 0.25) is 0 Å². The highest BCUT2D eigenvalue weighted by Crippen LogP contribution is 2.39. The number of nitrogens with one attached hydrogen (secondary N) is 1. The van der Waals surface area contributed by atoms with Crippen molar-refractivity contribution in [3.8, 4) is 0 Å². The Labute approximate surface area is 125 Å². The first-order chi connectivity index (χ1) is 9.57. The summed E-state index contributed by atoms with van der Waals surface area (Å²) in [6.07, 6.45) is 7.49. The lowest BCUT2D eigenvalue weighted by molar-refractivity contribution is 0.0166. The average molecular weight is 296 g/mol. The van der Waals surface area contributed by atoms with Gasteiger partial charge in [-0.1, -0.05) is 30.9 Å². The van der Waals surface area contributed by atoms with Crippen molar-refractivity contribution in [3.63, 3.8) is 0 Å². The Morgan fingerprint density at radius 1 is 1.25 bits per heavy atom. The number of aliphatic hydroxyl groups is 1. The van der Waals surface area contributed by atoms with E-state index in [9.17, 15) is 5.11 Å². The van der Waals surface area contributed by atoms with Gasteiger partial charge in [-0.3, -0.25) is 0 Å². The molecule has 2 N–H and O–H groups in total. The molecule has 0 spiro atoms. The Morgan fingerprint density at radius 2 is 1.95 bits per heavy atom. The van der Waals surface area contributed by atoms with Crippen LogP contribution in [-0.2, 0) is 0 Å². The molecule has 0 aromatic carbocycles. The molecule has 2 aliphatic rings. The van der Waals surface area contributed by atoms with Crippen molar-refractivity contribution in [2.24, 2.45) is 0 Å². The Morgan fingerprint density at radius 3 is 2.60 bits per heavy atom. The summed E-state index contributed by atoms with van der Waals surface area (Å²) in [5.74, 6) is 2.11. The van der Waals surface area contributed by atoms with Crippen molar-refractivity contribution in [3.05, 3.63) is 16.5 Å². The Balaban J connectivity index is 1.72. The van der Waals surface area contributed by atoms with E-state index in [2.05, 4.69) is 15.3 Å². The van der Waals surface area contributed by atoms with Crippen LogP contribution in [0.1, 0.15) is 62.3 Å². The van der Waals surface area contributed by atoms with Crippen LogP contribution in [0.5, 0.6) is 0 Å². The van der Waals surface area contributed by atoms with Gasteiger partial charge in [-0.15, -0.1) is 0 Å². The molecule has 3 rings (SSSR count). The second-order valence-electron chi connectivity index (χ2n) is 6.26. The number of hydrogen-bond donors (Lipinski definition) is 2. The maximum absolute atomic E-state index is 10.5. The number of anilines is 1. The van der Waals surface area contributed by atoms with Crippen LogP contribution in [0.2, 0.25) is 5.15 Å². The van der Waals surface area contributed by atoms with Gasteiger partial charge in [0.05, 0.1) is 5.60 Å². The van der Waals surface area contributed by atoms with Crippen LogP contribution in [0.25, 0.3) is 0 Å². The molecular formula is C15H22ClN3O. The summed E-state index contributed by atoms with van der Waals surface area (Å²) >= 11 is 6.19. The molecule has 110 valence electrons. The van der Waals surface area contributed by atoms with Crippen molar-refractivity contribution < 1.29 is 5.11 Å². The molecule has 4 nitrogen and oxygen atoms in total. The van der Waals surface area contributed by atoms with Crippen molar-refractivity contribution in [1.82, 2.24) is 9.97 Å². The Hall–Kier alpha value is -0.870. The number of halogens is 1. The van der Waals surface area contributed by atoms with Crippen LogP contribution >= 0.6 is 11.6 Å². The zero-order valence-electron chi connectivity index (χ0n) is 12.0. The summed E-state index contributed by atoms with van der Waals surface area (Å²) in [5, 5.41) is 14.4. The summed E-state index contributed by atoms with van der Waals surface area (Å²) in [7, 11) is 0. The van der Waals surface area contributed by atoms with Crippen molar-refractivity contribution in [1.29, 1.82) is 0 Å². The van der Waals surface area contributed by atoms with Crippen LogP contribution in [0, 0.1) is 6.92 Å². The maximum Gasteiger partial charge on any atom is 0.137 e. The van der Waals surface area contributed by atoms with E-state index in [1.54, 1.807) is 0 Å². The molecule has 2 fully saturated rings. The first-order valence-corrected chi connectivity index (χ1v) is 7.95. The standard InChI is InChI=1S/C15H22ClN3O/c1-10-12(16)18-14(11-5-6-11)19-13(10)17-9-15(20)7-3-2-4-8-15/h11,20H,2-9H2,1H3,(H,17,18,19). The fourth-order valence-electron chi connectivity index (χ4n) is 2.84. The topological polar surface area (TPSA) is 58.0 Å². The van der Waals surface area contributed by atoms with Gasteiger partial charge in [0, 0.05) is 18.0 Å². The molecule has 2 saturated carbocycles. The lowest BCUT2D eigenvalue weighted by Gasteiger charge is -2.32. The van der Waals surface area contributed by atoms with Crippen molar-refractivity contribution in [2.75, 3.05) is 11.9 Å². The predicted molar refractivity (Wildman–Crippen MR) is 80.3 cm³/mol. The lowest BCUT2D eigenvalue weighted by Crippen LogP contribution is -2.39. The largest absolute Gasteiger partial charge is 0.388 e. The van der Waals surface area contributed by atoms with Crippen LogP contribution in [0.3, 0.4) is 0 Å². The number of nitrogens with zero attached hydrogens (tertiary/aromatic N) is 2. The van der Waals surface area contributed by atoms with E-state index in [4.69, 9.17) is 11.6 Å². The summed E-state index contributed by atoms with van der Waals surface area (Å²) in [5.41, 5.74) is 0.275. The molecule has 20 heavy (non-hydrogen) atoms. The SMILES string of the molecule is Cc1c(Cl)nc(C2CC2)nc1NCC1(O)CCCCC1. The minimum Gasteiger partial charge on any atom is -0.388 e. The Bertz CT molecular complexity index is 496. The van der Waals surface area contributed by atoms with Crippen molar-refractivity contribution in [2.45, 2.75) is 63.4 Å². The molecule has 0 radical (unpaired) electrons. The molecule has 0 bridgehead atoms. The second-order valence-corrected chi connectivity index (χ2v) is 6.62. The minimum atomic E-state index is -0.595. The molecule has 0 amide bonds. The van der Waals surface area contributed by atoms with Crippen LogP contribution in [0.4, 0.5) is 5.82 Å². The van der Waals surface area contributed by atoms with Crippen molar-refractivity contribution >= 4 is 17.4 Å². The maximum atomic E-state index is 10.5. The lowest BCUT2D eigenvalue weighted by atomic mass is 9.85. The van der Waals surface area contributed by atoms with Gasteiger partial charge in [0.25, 0.3) is 0 Å². The third-order valence-corrected chi connectivity index (χ3v) is 4.78. The molecule has 0 unspecified atom stereocenters. The third-order valence-electron chi connectivity index (χ3n) is 4.42. The first kappa shape index (κ1) is 14.1. The normalized spacial score (nSPS) is 21.8. The predicted octanol–water partition coefficient (Wildman–Crippen LogP) is 3.42. The van der Waals surface area contributed by atoms with Gasteiger partial charge < -0.3 is 10.4 Å². The highest BCUT2D eigenvalue weighted by atomic mass is 35.5. The van der Waals surface area contributed by atoms with Crippen LogP contribution in [-0.4, -0.2) is 27.2 Å². The van der Waals surface area contributed by atoms with E-state index in [1.807, 2.05) is 6.92 Å². The Kier molecular flexibility index (Phi) is 3.87. The quantitative estimate of drug-likeness (QED) is 0.836. The summed E-state index contributed by atoms with van der Waals surface area (Å²) in [6, 6.07) is 0. The smallest absolute Gasteiger partial charge is 0.137 e. The number of hydrogen-bond acceptors (Lipinski definition) is 4. The number of rotatable bonds is 4. The van der Waals surface area contributed by atoms with E-state index < -0.39 is 5.60 Å². The van der Waals surface area contributed by atoms with E-state index in [0.717, 1.165) is 55.7 Å². The summed E-state index contributed by atoms with van der Waals surface area (Å²) in [4.78, 5) is 8.95. The van der Waals surface area contributed by atoms with E-state index in [0.29, 0.717) is 17.6 Å². The minimum absolute atomic E-state index is 0.478. The first-order valence-electron chi connectivity index (χ1n) is 7.58. The molecule has 2 aliphatic carbocycles. The number of aromatic nitrogens is 2. The molecular weight excluding hydrogens is 274 g/mol. The molecule has 0 atom stereocenters. The van der Waals surface area contributed by atoms with Gasteiger partial charge in [-0.25, -0.2) is 9.97 Å². The third kappa shape index (κ3) is 3.07. The van der Waals surface area contributed by atoms with E-state index >= 15 is 0 Å². The average Bonchev–Trinajstić information content (AvgIpc) is 3.26. The van der Waals surface area contributed by atoms with Gasteiger partial charge in [0.1, 0.15) is 16.8 Å². The van der Waals surface area contributed by atoms with Gasteiger partial charge in [-0.2, -0.15) is 0 Å². The zero-order valence-corrected chi connectivity index (χ0v) is 12.7. The van der Waals surface area contributed by atoms with Gasteiger partial charge >= 0.3 is 0 Å². The van der Waals surface area contributed by atoms with Gasteiger partial charge in [-0.05, 0) is 32.6 Å². The molecule has 1 aromatic rings. The van der Waals surface area contributed by atoms with Crippen LogP contribution in [0.15, 0.2) is 0 Å². The summed E-state index contributed by atoms with van der Waals surface area (Å²) < 4.78 is 0. The van der Waals surface area contributed by atoms with Crippen LogP contribution < -0.4 is 5.32 Å². The summed E-state index contributed by atoms with van der Waals surface area (Å²) in [6.45, 7) is 2.47. The highest BCUT2D eigenvalue weighted by Gasteiger charge is 2.30.